The molecule has 0 bridgehead atoms. The van der Waals surface area contributed by atoms with Crippen LogP contribution in [0.5, 0.6) is 0 Å². The summed E-state index contributed by atoms with van der Waals surface area (Å²) >= 11 is 0. The maximum absolute atomic E-state index is 4.16. The van der Waals surface area contributed by atoms with Gasteiger partial charge in [0.15, 0.2) is 0 Å². The normalized spacial score (nSPS) is 12.3. The van der Waals surface area contributed by atoms with Gasteiger partial charge < -0.3 is 0 Å². The Labute approximate surface area is 96.8 Å². The Morgan fingerprint density at radius 1 is 1.13 bits per heavy atom. The van der Waals surface area contributed by atoms with Gasteiger partial charge in [0.05, 0.1) is 0 Å². The largest absolute Gasteiger partial charge is 0.0956 e. The Morgan fingerprint density at radius 3 is 2.07 bits per heavy atom. The molecule has 0 amide bonds. The van der Waals surface area contributed by atoms with Crippen molar-refractivity contribution in [2.45, 2.75) is 60.8 Å². The maximum atomic E-state index is 4.16. The summed E-state index contributed by atoms with van der Waals surface area (Å²) in [4.78, 5) is 0. The van der Waals surface area contributed by atoms with E-state index in [1.54, 1.807) is 0 Å². The van der Waals surface area contributed by atoms with E-state index >= 15 is 0 Å². The zero-order valence-corrected chi connectivity index (χ0v) is 10.2. The van der Waals surface area contributed by atoms with E-state index in [1.165, 1.54) is 29.6 Å². The second-order valence-electron chi connectivity index (χ2n) is 3.81. The lowest BCUT2D eigenvalue weighted by atomic mass is 9.97. The summed E-state index contributed by atoms with van der Waals surface area (Å²) in [7, 11) is 0. The lowest BCUT2D eigenvalue weighted by Gasteiger charge is -2.09. The van der Waals surface area contributed by atoms with Crippen molar-refractivity contribution in [3.63, 3.8) is 0 Å². The third-order valence-corrected chi connectivity index (χ3v) is 2.38. The van der Waals surface area contributed by atoms with Crippen LogP contribution in [0.3, 0.4) is 0 Å². The predicted octanol–water partition coefficient (Wildman–Crippen LogP) is 5.67. The van der Waals surface area contributed by atoms with Crippen molar-refractivity contribution in [3.05, 3.63) is 35.5 Å². The first-order chi connectivity index (χ1) is 6.65. The van der Waals surface area contributed by atoms with Gasteiger partial charge in [-0.2, -0.15) is 0 Å². The molecule has 0 aliphatic rings. The molecule has 0 unspecified atom stereocenters. The van der Waals surface area contributed by atoms with Crippen molar-refractivity contribution < 1.29 is 0 Å². The summed E-state index contributed by atoms with van der Waals surface area (Å²) in [5, 5.41) is 0. The van der Waals surface area contributed by atoms with Gasteiger partial charge in [0.2, 0.25) is 0 Å². The van der Waals surface area contributed by atoms with Gasteiger partial charge in [-0.15, -0.1) is 0 Å². The van der Waals surface area contributed by atoms with E-state index in [4.69, 9.17) is 0 Å². The van der Waals surface area contributed by atoms with E-state index in [0.29, 0.717) is 0 Å². The van der Waals surface area contributed by atoms with E-state index < -0.39 is 0 Å². The van der Waals surface area contributed by atoms with Crippen LogP contribution < -0.4 is 0 Å². The molecule has 0 aromatic rings. The monoisotopic (exact) mass is 208 g/mol. The summed E-state index contributed by atoms with van der Waals surface area (Å²) in [5.74, 6) is 0. The van der Waals surface area contributed by atoms with Crippen LogP contribution in [0.2, 0.25) is 0 Å². The zero-order valence-electron chi connectivity index (χ0n) is 10.2. The molecule has 0 nitrogen and oxygen atoms in total. The molecule has 0 N–H and O–H groups in total. The van der Waals surface area contributed by atoms with Gasteiger partial charge in [-0.05, 0) is 32.3 Å². The van der Waals surface area contributed by atoms with Crippen LogP contribution in [-0.2, 0) is 0 Å². The van der Waals surface area contributed by atoms with Crippen molar-refractivity contribution in [1.82, 2.24) is 0 Å². The van der Waals surface area contributed by atoms with Crippen molar-refractivity contribution in [3.8, 4) is 0 Å². The Kier molecular flexibility index (Phi) is 10.8. The van der Waals surface area contributed by atoms with Crippen molar-refractivity contribution in [2.75, 3.05) is 0 Å². The minimum Gasteiger partial charge on any atom is -0.0956 e. The topological polar surface area (TPSA) is 0 Å². The summed E-state index contributed by atoms with van der Waals surface area (Å²) in [6.07, 6.45) is 9.10. The number of hydrogen-bond acceptors (Lipinski definition) is 0. The van der Waals surface area contributed by atoms with E-state index in [9.17, 15) is 0 Å². The zero-order chi connectivity index (χ0) is 11.0. The second kappa shape index (κ2) is 9.76. The van der Waals surface area contributed by atoms with Gasteiger partial charge in [0.1, 0.15) is 0 Å². The molecule has 88 valence electrons. The molecule has 0 saturated heterocycles. The van der Waals surface area contributed by atoms with Crippen LogP contribution >= 0.6 is 0 Å². The van der Waals surface area contributed by atoms with E-state index in [2.05, 4.69) is 46.4 Å². The van der Waals surface area contributed by atoms with E-state index in [-0.39, 0.29) is 7.43 Å². The fourth-order valence-corrected chi connectivity index (χ4v) is 1.44. The molecule has 0 fully saturated rings. The fraction of sp³-hybridized carbons (Fsp3) is 0.600. The summed E-state index contributed by atoms with van der Waals surface area (Å²) in [5.41, 5.74) is 4.09. The van der Waals surface area contributed by atoms with Crippen LogP contribution in [0.4, 0.5) is 0 Å². The molecule has 0 saturated carbocycles. The highest BCUT2D eigenvalue weighted by atomic mass is 14.1. The summed E-state index contributed by atoms with van der Waals surface area (Å²) in [6.45, 7) is 12.8. The summed E-state index contributed by atoms with van der Waals surface area (Å²) < 4.78 is 0. The third-order valence-electron chi connectivity index (χ3n) is 2.38. The minimum atomic E-state index is 0. The highest BCUT2D eigenvalue weighted by Gasteiger charge is 2.00. The van der Waals surface area contributed by atoms with Crippen LogP contribution in [0.25, 0.3) is 0 Å². The van der Waals surface area contributed by atoms with Crippen LogP contribution in [0.15, 0.2) is 35.5 Å². The quantitative estimate of drug-likeness (QED) is 0.493. The Balaban J connectivity index is 0. The molecular formula is C15H28. The SMILES string of the molecule is C.C=C(CCC)/C(=C\C(C)=C/C)CCC. The highest BCUT2D eigenvalue weighted by Crippen LogP contribution is 2.20. The van der Waals surface area contributed by atoms with Crippen molar-refractivity contribution >= 4 is 0 Å². The average molecular weight is 208 g/mol. The fourth-order valence-electron chi connectivity index (χ4n) is 1.44. The molecule has 0 radical (unpaired) electrons. The maximum Gasteiger partial charge on any atom is -0.0279 e. The number of allylic oxidation sites excluding steroid dienone is 5. The molecule has 0 heteroatoms. The molecule has 0 aromatic heterocycles. The Hall–Kier alpha value is -0.780. The van der Waals surface area contributed by atoms with E-state index in [0.717, 1.165) is 12.8 Å². The first-order valence-electron chi connectivity index (χ1n) is 5.67. The molecule has 0 aromatic carbocycles. The van der Waals surface area contributed by atoms with Gasteiger partial charge in [0, 0.05) is 0 Å². The summed E-state index contributed by atoms with van der Waals surface area (Å²) in [6, 6.07) is 0. The molecule has 0 spiro atoms. The van der Waals surface area contributed by atoms with Crippen molar-refractivity contribution in [2.24, 2.45) is 0 Å². The minimum absolute atomic E-state index is 0. The Bertz CT molecular complexity index is 228. The van der Waals surface area contributed by atoms with Gasteiger partial charge in [-0.25, -0.2) is 0 Å². The van der Waals surface area contributed by atoms with E-state index in [1.807, 2.05) is 0 Å². The molecule has 15 heavy (non-hydrogen) atoms. The standard InChI is InChI=1S/C14H24.CH4/c1-6-9-13(5)14(10-7-2)11-12(4)8-3;/h8,11H,5-7,9-10H2,1-4H3;1H4/b12-8-,14-11-;. The number of rotatable bonds is 6. The van der Waals surface area contributed by atoms with Gasteiger partial charge in [0.25, 0.3) is 0 Å². The van der Waals surface area contributed by atoms with Crippen LogP contribution in [0, 0.1) is 0 Å². The molecular weight excluding hydrogens is 180 g/mol. The lowest BCUT2D eigenvalue weighted by molar-refractivity contribution is 0.854. The van der Waals surface area contributed by atoms with Crippen LogP contribution in [0.1, 0.15) is 60.8 Å². The highest BCUT2D eigenvalue weighted by molar-refractivity contribution is 5.34. The van der Waals surface area contributed by atoms with Gasteiger partial charge >= 0.3 is 0 Å². The molecule has 0 aliphatic carbocycles. The first-order valence-corrected chi connectivity index (χ1v) is 5.67. The average Bonchev–Trinajstić information content (AvgIpc) is 2.17. The van der Waals surface area contributed by atoms with Gasteiger partial charge in [-0.3, -0.25) is 0 Å². The first kappa shape index (κ1) is 16.6. The number of hydrogen-bond donors (Lipinski definition) is 0. The third kappa shape index (κ3) is 7.18. The molecule has 0 rings (SSSR count). The smallest absolute Gasteiger partial charge is 0.0279 e. The lowest BCUT2D eigenvalue weighted by Crippen LogP contribution is -1.89. The van der Waals surface area contributed by atoms with Gasteiger partial charge in [-0.1, -0.05) is 64.0 Å². The molecule has 0 atom stereocenters. The molecule has 0 aliphatic heterocycles. The predicted molar refractivity (Wildman–Crippen MR) is 73.2 cm³/mol. The van der Waals surface area contributed by atoms with Crippen LogP contribution in [-0.4, -0.2) is 0 Å². The Morgan fingerprint density at radius 2 is 1.67 bits per heavy atom. The van der Waals surface area contributed by atoms with Crippen molar-refractivity contribution in [1.29, 1.82) is 0 Å². The second-order valence-corrected chi connectivity index (χ2v) is 3.81. The molecule has 0 heterocycles.